The van der Waals surface area contributed by atoms with Crippen molar-refractivity contribution in [2.45, 2.75) is 6.92 Å². The van der Waals surface area contributed by atoms with Crippen molar-refractivity contribution in [3.05, 3.63) is 39.3 Å². The van der Waals surface area contributed by atoms with Crippen molar-refractivity contribution in [3.8, 4) is 0 Å². The first-order valence-electron chi connectivity index (χ1n) is 5.02. The molecule has 7 nitrogen and oxygen atoms in total. The monoisotopic (exact) mass is 269 g/mol. The van der Waals surface area contributed by atoms with Gasteiger partial charge in [0.15, 0.2) is 11.3 Å². The number of fused-ring (bicyclic) bond motifs is 1. The minimum Gasteiger partial charge on any atom is -0.461 e. The van der Waals surface area contributed by atoms with Crippen LogP contribution in [0.1, 0.15) is 17.4 Å². The summed E-state index contributed by atoms with van der Waals surface area (Å²) in [7, 11) is 0. The summed E-state index contributed by atoms with van der Waals surface area (Å²) in [6, 6.07) is 1.18. The number of imidazole rings is 1. The zero-order valence-corrected chi connectivity index (χ0v) is 10.0. The summed E-state index contributed by atoms with van der Waals surface area (Å²) in [4.78, 5) is 25.5. The molecular weight excluding hydrogens is 262 g/mol. The maximum atomic E-state index is 11.5. The molecule has 0 saturated carbocycles. The summed E-state index contributed by atoms with van der Waals surface area (Å²) >= 11 is 5.86. The number of hydrogen-bond acceptors (Lipinski definition) is 5. The molecule has 0 spiro atoms. The van der Waals surface area contributed by atoms with Crippen LogP contribution in [0.4, 0.5) is 5.69 Å². The zero-order chi connectivity index (χ0) is 13.3. The quantitative estimate of drug-likeness (QED) is 0.484. The van der Waals surface area contributed by atoms with E-state index in [1.165, 1.54) is 22.9 Å². The van der Waals surface area contributed by atoms with Crippen molar-refractivity contribution in [2.24, 2.45) is 0 Å². The second kappa shape index (κ2) is 4.61. The molecule has 94 valence electrons. The van der Waals surface area contributed by atoms with E-state index < -0.39 is 10.9 Å². The lowest BCUT2D eigenvalue weighted by Gasteiger charge is -1.95. The standard InChI is InChI=1S/C10H8ClN3O4/c1-2-18-10(15)8-5-13-4-6(14(16)17)3-7(11)9(13)12-8/h3-5H,2H2,1H3. The minimum absolute atomic E-state index is 0.0549. The van der Waals surface area contributed by atoms with Crippen LogP contribution < -0.4 is 0 Å². The van der Waals surface area contributed by atoms with Crippen LogP contribution >= 0.6 is 11.6 Å². The molecule has 0 atom stereocenters. The van der Waals surface area contributed by atoms with Gasteiger partial charge in [0.1, 0.15) is 0 Å². The van der Waals surface area contributed by atoms with Gasteiger partial charge >= 0.3 is 5.97 Å². The molecule has 0 amide bonds. The maximum Gasteiger partial charge on any atom is 0.358 e. The smallest absolute Gasteiger partial charge is 0.358 e. The largest absolute Gasteiger partial charge is 0.461 e. The van der Waals surface area contributed by atoms with Gasteiger partial charge in [-0.2, -0.15) is 0 Å². The van der Waals surface area contributed by atoms with Crippen LogP contribution in [0.3, 0.4) is 0 Å². The topological polar surface area (TPSA) is 86.7 Å². The van der Waals surface area contributed by atoms with Crippen LogP contribution in [0.15, 0.2) is 18.5 Å². The van der Waals surface area contributed by atoms with E-state index in [0.717, 1.165) is 0 Å². The Morgan fingerprint density at radius 1 is 1.61 bits per heavy atom. The molecule has 0 fully saturated rings. The van der Waals surface area contributed by atoms with Crippen LogP contribution in [-0.4, -0.2) is 26.9 Å². The molecule has 0 aromatic carbocycles. The fraction of sp³-hybridized carbons (Fsp3) is 0.200. The summed E-state index contributed by atoms with van der Waals surface area (Å²) < 4.78 is 6.11. The molecule has 18 heavy (non-hydrogen) atoms. The summed E-state index contributed by atoms with van der Waals surface area (Å²) in [6.07, 6.45) is 2.57. The Bertz CT molecular complexity index is 637. The Morgan fingerprint density at radius 2 is 2.33 bits per heavy atom. The average Bonchev–Trinajstić information content (AvgIpc) is 2.73. The highest BCUT2D eigenvalue weighted by Gasteiger charge is 2.16. The number of esters is 1. The molecule has 2 heterocycles. The molecule has 0 aliphatic heterocycles. The lowest BCUT2D eigenvalue weighted by Crippen LogP contribution is -2.04. The maximum absolute atomic E-state index is 11.5. The van der Waals surface area contributed by atoms with Crippen LogP contribution in [0.25, 0.3) is 5.65 Å². The normalized spacial score (nSPS) is 10.6. The number of nitro groups is 1. The number of rotatable bonds is 3. The minimum atomic E-state index is -0.597. The van der Waals surface area contributed by atoms with Gasteiger partial charge in [0.2, 0.25) is 0 Å². The first-order valence-corrected chi connectivity index (χ1v) is 5.40. The first kappa shape index (κ1) is 12.3. The lowest BCUT2D eigenvalue weighted by molar-refractivity contribution is -0.385. The van der Waals surface area contributed by atoms with Gasteiger partial charge in [0.05, 0.1) is 22.7 Å². The van der Waals surface area contributed by atoms with Crippen molar-refractivity contribution in [3.63, 3.8) is 0 Å². The molecule has 2 aromatic heterocycles. The van der Waals surface area contributed by atoms with Gasteiger partial charge in [-0.25, -0.2) is 9.78 Å². The third-order valence-corrected chi connectivity index (χ3v) is 2.47. The van der Waals surface area contributed by atoms with E-state index in [0.29, 0.717) is 0 Å². The second-order valence-corrected chi connectivity index (χ2v) is 3.79. The predicted octanol–water partition coefficient (Wildman–Crippen LogP) is 2.07. The third kappa shape index (κ3) is 2.12. The number of carbonyl (C=O) groups is 1. The number of ether oxygens (including phenoxy) is 1. The molecule has 0 unspecified atom stereocenters. The predicted molar refractivity (Wildman–Crippen MR) is 62.8 cm³/mol. The Morgan fingerprint density at radius 3 is 2.94 bits per heavy atom. The van der Waals surface area contributed by atoms with Crippen LogP contribution in [-0.2, 0) is 4.74 Å². The van der Waals surface area contributed by atoms with Gasteiger partial charge in [0, 0.05) is 12.3 Å². The molecule has 2 rings (SSSR count). The molecule has 0 radical (unpaired) electrons. The number of carbonyl (C=O) groups excluding carboxylic acids is 1. The fourth-order valence-electron chi connectivity index (χ4n) is 1.45. The Hall–Kier alpha value is -2.15. The van der Waals surface area contributed by atoms with Crippen LogP contribution in [0, 0.1) is 10.1 Å². The summed E-state index contributed by atoms with van der Waals surface area (Å²) in [5.41, 5.74) is 0.143. The van der Waals surface area contributed by atoms with Gasteiger partial charge in [-0.3, -0.25) is 14.5 Å². The van der Waals surface area contributed by atoms with E-state index >= 15 is 0 Å². The van der Waals surface area contributed by atoms with Crippen molar-refractivity contribution in [1.82, 2.24) is 9.38 Å². The summed E-state index contributed by atoms with van der Waals surface area (Å²) in [5, 5.41) is 10.8. The van der Waals surface area contributed by atoms with E-state index in [-0.39, 0.29) is 28.7 Å². The highest BCUT2D eigenvalue weighted by Crippen LogP contribution is 2.23. The number of pyridine rings is 1. The van der Waals surface area contributed by atoms with E-state index in [9.17, 15) is 14.9 Å². The number of halogens is 1. The van der Waals surface area contributed by atoms with E-state index in [1.54, 1.807) is 6.92 Å². The van der Waals surface area contributed by atoms with Crippen LogP contribution in [0.2, 0.25) is 5.02 Å². The van der Waals surface area contributed by atoms with Gasteiger partial charge in [0.25, 0.3) is 5.69 Å². The highest BCUT2D eigenvalue weighted by molar-refractivity contribution is 6.33. The Labute approximate surface area is 106 Å². The Balaban J connectivity index is 2.54. The second-order valence-electron chi connectivity index (χ2n) is 3.38. The van der Waals surface area contributed by atoms with Crippen molar-refractivity contribution >= 4 is 28.9 Å². The SMILES string of the molecule is CCOC(=O)c1cn2cc([N+](=O)[O-])cc(Cl)c2n1. The average molecular weight is 270 g/mol. The number of aromatic nitrogens is 2. The molecule has 0 bridgehead atoms. The first-order chi connectivity index (χ1) is 8.52. The lowest BCUT2D eigenvalue weighted by atomic mass is 10.4. The molecule has 0 aliphatic carbocycles. The van der Waals surface area contributed by atoms with E-state index in [4.69, 9.17) is 16.3 Å². The van der Waals surface area contributed by atoms with E-state index in [1.807, 2.05) is 0 Å². The molecule has 0 N–H and O–H groups in total. The van der Waals surface area contributed by atoms with Crippen molar-refractivity contribution < 1.29 is 14.5 Å². The van der Waals surface area contributed by atoms with Crippen molar-refractivity contribution in [2.75, 3.05) is 6.61 Å². The van der Waals surface area contributed by atoms with Crippen LogP contribution in [0.5, 0.6) is 0 Å². The summed E-state index contributed by atoms with van der Waals surface area (Å²) in [6.45, 7) is 1.89. The van der Waals surface area contributed by atoms with Gasteiger partial charge < -0.3 is 4.74 Å². The third-order valence-electron chi connectivity index (χ3n) is 2.19. The fourth-order valence-corrected chi connectivity index (χ4v) is 1.70. The van der Waals surface area contributed by atoms with Crippen molar-refractivity contribution in [1.29, 1.82) is 0 Å². The van der Waals surface area contributed by atoms with Gasteiger partial charge in [-0.1, -0.05) is 11.6 Å². The number of nitrogens with zero attached hydrogens (tertiary/aromatic N) is 3. The van der Waals surface area contributed by atoms with E-state index in [2.05, 4.69) is 4.98 Å². The molecular formula is C10H8ClN3O4. The van der Waals surface area contributed by atoms with Gasteiger partial charge in [-0.15, -0.1) is 0 Å². The van der Waals surface area contributed by atoms with Gasteiger partial charge in [-0.05, 0) is 6.92 Å². The molecule has 2 aromatic rings. The zero-order valence-electron chi connectivity index (χ0n) is 9.29. The molecule has 0 aliphatic rings. The molecule has 0 saturated heterocycles. The molecule has 8 heteroatoms. The highest BCUT2D eigenvalue weighted by atomic mass is 35.5. The number of hydrogen-bond donors (Lipinski definition) is 0. The Kier molecular flexibility index (Phi) is 3.15. The summed E-state index contributed by atoms with van der Waals surface area (Å²) in [5.74, 6) is -0.597.